The summed E-state index contributed by atoms with van der Waals surface area (Å²) in [5, 5.41) is 11.8. The number of hydrogen-bond donors (Lipinski definition) is 0. The molecule has 0 aliphatic carbocycles. The number of pyridine rings is 1. The van der Waals surface area contributed by atoms with E-state index in [1.54, 1.807) is 12.1 Å². The zero-order valence-corrected chi connectivity index (χ0v) is 11.3. The maximum absolute atomic E-state index is 11.0. The van der Waals surface area contributed by atoms with Crippen LogP contribution in [0, 0.1) is 10.1 Å². The molecule has 0 bridgehead atoms. The number of benzene rings is 1. The fourth-order valence-corrected chi connectivity index (χ4v) is 1.95. The quantitative estimate of drug-likeness (QED) is 0.635. The summed E-state index contributed by atoms with van der Waals surface area (Å²) in [7, 11) is 1.43. The number of aromatic nitrogens is 1. The average molecular weight is 299 g/mol. The molecule has 1 aromatic heterocycles. The van der Waals surface area contributed by atoms with E-state index in [0.29, 0.717) is 15.6 Å². The minimum atomic E-state index is -0.529. The van der Waals surface area contributed by atoms with Crippen molar-refractivity contribution in [2.75, 3.05) is 7.11 Å². The van der Waals surface area contributed by atoms with Crippen molar-refractivity contribution in [2.45, 2.75) is 0 Å². The van der Waals surface area contributed by atoms with Gasteiger partial charge < -0.3 is 4.74 Å². The van der Waals surface area contributed by atoms with Crippen LogP contribution in [0.5, 0.6) is 5.88 Å². The maximum atomic E-state index is 11.0. The highest BCUT2D eigenvalue weighted by molar-refractivity contribution is 6.35. The highest BCUT2D eigenvalue weighted by Gasteiger charge is 2.20. The Labute approximate surface area is 118 Å². The maximum Gasteiger partial charge on any atom is 0.295 e. The van der Waals surface area contributed by atoms with Crippen molar-refractivity contribution in [1.82, 2.24) is 4.98 Å². The third-order valence-electron chi connectivity index (χ3n) is 2.44. The van der Waals surface area contributed by atoms with Gasteiger partial charge in [0.25, 0.3) is 5.69 Å². The second-order valence-corrected chi connectivity index (χ2v) is 4.45. The zero-order chi connectivity index (χ0) is 14.0. The number of ether oxygens (including phenoxy) is 1. The average Bonchev–Trinajstić information content (AvgIpc) is 2.40. The molecular weight excluding hydrogens is 291 g/mol. The molecule has 98 valence electrons. The second-order valence-electron chi connectivity index (χ2n) is 3.60. The lowest BCUT2D eigenvalue weighted by atomic mass is 10.1. The number of nitrogens with zero attached hydrogens (tertiary/aromatic N) is 2. The third-order valence-corrected chi connectivity index (χ3v) is 3.00. The Morgan fingerprint density at radius 2 is 2.00 bits per heavy atom. The van der Waals surface area contributed by atoms with Crippen LogP contribution in [-0.4, -0.2) is 17.0 Å². The molecule has 0 amide bonds. The van der Waals surface area contributed by atoms with Crippen molar-refractivity contribution >= 4 is 28.9 Å². The highest BCUT2D eigenvalue weighted by atomic mass is 35.5. The smallest absolute Gasteiger partial charge is 0.295 e. The van der Waals surface area contributed by atoms with Crippen molar-refractivity contribution in [2.24, 2.45) is 0 Å². The number of nitro groups is 1. The van der Waals surface area contributed by atoms with E-state index in [-0.39, 0.29) is 17.3 Å². The first-order valence-corrected chi connectivity index (χ1v) is 5.93. The molecule has 1 heterocycles. The molecule has 0 unspecified atom stereocenters. The minimum absolute atomic E-state index is 0.122. The summed E-state index contributed by atoms with van der Waals surface area (Å²) in [6.07, 6.45) is 0. The predicted octanol–water partition coefficient (Wildman–Crippen LogP) is 3.97. The van der Waals surface area contributed by atoms with Gasteiger partial charge in [-0.15, -0.1) is 0 Å². The van der Waals surface area contributed by atoms with Gasteiger partial charge in [-0.1, -0.05) is 23.2 Å². The van der Waals surface area contributed by atoms with E-state index < -0.39 is 4.92 Å². The van der Waals surface area contributed by atoms with E-state index in [9.17, 15) is 10.1 Å². The Morgan fingerprint density at radius 3 is 2.63 bits per heavy atom. The van der Waals surface area contributed by atoms with Gasteiger partial charge in [0.2, 0.25) is 5.88 Å². The van der Waals surface area contributed by atoms with E-state index in [1.165, 1.54) is 25.3 Å². The van der Waals surface area contributed by atoms with Gasteiger partial charge in [0, 0.05) is 22.7 Å². The van der Waals surface area contributed by atoms with Crippen LogP contribution >= 0.6 is 23.2 Å². The van der Waals surface area contributed by atoms with Crippen molar-refractivity contribution in [3.8, 4) is 17.1 Å². The largest absolute Gasteiger partial charge is 0.481 e. The molecule has 2 aromatic rings. The summed E-state index contributed by atoms with van der Waals surface area (Å²) in [5.41, 5.74) is 0.349. The van der Waals surface area contributed by atoms with Gasteiger partial charge in [-0.2, -0.15) is 0 Å². The molecule has 0 N–H and O–H groups in total. The molecule has 0 spiro atoms. The van der Waals surface area contributed by atoms with Crippen LogP contribution < -0.4 is 4.74 Å². The molecule has 2 rings (SSSR count). The summed E-state index contributed by atoms with van der Waals surface area (Å²) in [5.74, 6) is 0.261. The lowest BCUT2D eigenvalue weighted by Gasteiger charge is -2.07. The highest BCUT2D eigenvalue weighted by Crippen LogP contribution is 2.35. The molecule has 5 nitrogen and oxygen atoms in total. The SMILES string of the molecule is COc1ccc([N+](=O)[O-])c(-c2cc(Cl)ccc2Cl)n1. The summed E-state index contributed by atoms with van der Waals surface area (Å²) in [6, 6.07) is 7.42. The summed E-state index contributed by atoms with van der Waals surface area (Å²) >= 11 is 11.9. The van der Waals surface area contributed by atoms with Crippen LogP contribution in [0.2, 0.25) is 10.0 Å². The van der Waals surface area contributed by atoms with Gasteiger partial charge >= 0.3 is 0 Å². The molecule has 0 radical (unpaired) electrons. The van der Waals surface area contributed by atoms with E-state index in [4.69, 9.17) is 27.9 Å². The molecule has 1 aromatic carbocycles. The number of rotatable bonds is 3. The summed E-state index contributed by atoms with van der Waals surface area (Å²) in [6.45, 7) is 0. The predicted molar refractivity (Wildman–Crippen MR) is 72.9 cm³/mol. The number of hydrogen-bond acceptors (Lipinski definition) is 4. The van der Waals surface area contributed by atoms with E-state index in [0.717, 1.165) is 0 Å². The molecule has 7 heteroatoms. The molecule has 0 saturated heterocycles. The van der Waals surface area contributed by atoms with Crippen LogP contribution in [0.25, 0.3) is 11.3 Å². The standard InChI is InChI=1S/C12H8Cl2N2O3/c1-19-11-5-4-10(16(17)18)12(15-11)8-6-7(13)2-3-9(8)14/h2-6H,1H3. The van der Waals surface area contributed by atoms with E-state index in [1.807, 2.05) is 0 Å². The molecule has 0 atom stereocenters. The van der Waals surface area contributed by atoms with E-state index >= 15 is 0 Å². The van der Waals surface area contributed by atoms with Crippen molar-refractivity contribution in [1.29, 1.82) is 0 Å². The topological polar surface area (TPSA) is 65.3 Å². The van der Waals surface area contributed by atoms with Gasteiger partial charge in [0.05, 0.1) is 17.1 Å². The van der Waals surface area contributed by atoms with Gasteiger partial charge in [0.1, 0.15) is 0 Å². The zero-order valence-electron chi connectivity index (χ0n) is 9.76. The van der Waals surface area contributed by atoms with Crippen LogP contribution in [0.15, 0.2) is 30.3 Å². The molecule has 19 heavy (non-hydrogen) atoms. The third kappa shape index (κ3) is 2.77. The molecule has 0 fully saturated rings. The Kier molecular flexibility index (Phi) is 3.87. The first kappa shape index (κ1) is 13.6. The fourth-order valence-electron chi connectivity index (χ4n) is 1.57. The van der Waals surface area contributed by atoms with Crippen LogP contribution in [0.4, 0.5) is 5.69 Å². The number of halogens is 2. The first-order chi connectivity index (χ1) is 9.02. The fraction of sp³-hybridized carbons (Fsp3) is 0.0833. The Bertz CT molecular complexity index is 647. The minimum Gasteiger partial charge on any atom is -0.481 e. The molecular formula is C12H8Cl2N2O3. The van der Waals surface area contributed by atoms with Gasteiger partial charge in [-0.3, -0.25) is 10.1 Å². The second kappa shape index (κ2) is 5.42. The molecule has 0 aliphatic rings. The lowest BCUT2D eigenvalue weighted by molar-refractivity contribution is -0.384. The van der Waals surface area contributed by atoms with Crippen molar-refractivity contribution in [3.05, 3.63) is 50.5 Å². The van der Waals surface area contributed by atoms with Gasteiger partial charge in [-0.25, -0.2) is 4.98 Å². The first-order valence-electron chi connectivity index (χ1n) is 5.18. The molecule has 0 aliphatic heterocycles. The summed E-state index contributed by atoms with van der Waals surface area (Å²) in [4.78, 5) is 14.6. The Balaban J connectivity index is 2.71. The Morgan fingerprint density at radius 1 is 1.26 bits per heavy atom. The van der Waals surface area contributed by atoms with Crippen LogP contribution in [0.1, 0.15) is 0 Å². The van der Waals surface area contributed by atoms with Gasteiger partial charge in [-0.05, 0) is 18.2 Å². The Hall–Kier alpha value is -1.85. The lowest BCUT2D eigenvalue weighted by Crippen LogP contribution is -1.97. The van der Waals surface area contributed by atoms with Crippen LogP contribution in [0.3, 0.4) is 0 Å². The van der Waals surface area contributed by atoms with Crippen molar-refractivity contribution < 1.29 is 9.66 Å². The summed E-state index contributed by atoms with van der Waals surface area (Å²) < 4.78 is 4.97. The van der Waals surface area contributed by atoms with Crippen molar-refractivity contribution in [3.63, 3.8) is 0 Å². The molecule has 0 saturated carbocycles. The van der Waals surface area contributed by atoms with E-state index in [2.05, 4.69) is 4.98 Å². The monoisotopic (exact) mass is 298 g/mol. The normalized spacial score (nSPS) is 10.3. The number of methoxy groups -OCH3 is 1. The van der Waals surface area contributed by atoms with Crippen LogP contribution in [-0.2, 0) is 0 Å². The van der Waals surface area contributed by atoms with Gasteiger partial charge in [0.15, 0.2) is 5.69 Å².